The van der Waals surface area contributed by atoms with Gasteiger partial charge >= 0.3 is 0 Å². The van der Waals surface area contributed by atoms with Crippen molar-refractivity contribution in [3.63, 3.8) is 0 Å². The Hall–Kier alpha value is -3.56. The minimum Gasteiger partial charge on any atom is -0.356 e. The molecule has 10 heteroatoms. The lowest BCUT2D eigenvalue weighted by molar-refractivity contribution is 0.363. The number of aromatic nitrogens is 7. The number of hydrogen-bond donors (Lipinski definition) is 0. The van der Waals surface area contributed by atoms with Crippen LogP contribution < -0.4 is 10.5 Å². The number of fused-ring (bicyclic) bond motifs is 2. The van der Waals surface area contributed by atoms with Crippen LogP contribution in [-0.4, -0.2) is 47.3 Å². The molecule has 1 saturated heterocycles. The first-order valence-corrected chi connectivity index (χ1v) is 9.54. The maximum Gasteiger partial charge on any atom is 0.280 e. The smallest absolute Gasteiger partial charge is 0.280 e. The van der Waals surface area contributed by atoms with Gasteiger partial charge in [0, 0.05) is 32.3 Å². The minimum atomic E-state index is -0.177. The summed E-state index contributed by atoms with van der Waals surface area (Å²) in [6.07, 6.45) is 4.87. The molecule has 1 aliphatic heterocycles. The summed E-state index contributed by atoms with van der Waals surface area (Å²) in [4.78, 5) is 32.3. The first-order valence-electron chi connectivity index (χ1n) is 9.54. The summed E-state index contributed by atoms with van der Waals surface area (Å²) < 4.78 is 8.56. The molecule has 0 spiro atoms. The summed E-state index contributed by atoms with van der Waals surface area (Å²) in [7, 11) is 1.77. The summed E-state index contributed by atoms with van der Waals surface area (Å²) in [5.41, 5.74) is 0.714. The fraction of sp³-hybridized carbons (Fsp3) is 0.368. The molecule has 5 heterocycles. The summed E-state index contributed by atoms with van der Waals surface area (Å²) in [5, 5.41) is 4.18. The van der Waals surface area contributed by atoms with Gasteiger partial charge in [-0.05, 0) is 24.0 Å². The monoisotopic (exact) mass is 390 g/mol. The van der Waals surface area contributed by atoms with Gasteiger partial charge in [0.1, 0.15) is 18.7 Å². The van der Waals surface area contributed by atoms with E-state index in [4.69, 9.17) is 4.52 Å². The van der Waals surface area contributed by atoms with Crippen LogP contribution in [-0.2, 0) is 13.6 Å². The number of hydrogen-bond acceptors (Lipinski definition) is 8. The van der Waals surface area contributed by atoms with Gasteiger partial charge < -0.3 is 14.0 Å². The van der Waals surface area contributed by atoms with E-state index in [1.54, 1.807) is 17.9 Å². The normalized spacial score (nSPS) is 22.9. The zero-order chi connectivity index (χ0) is 19.5. The summed E-state index contributed by atoms with van der Waals surface area (Å²) in [6.45, 7) is 2.11. The van der Waals surface area contributed by atoms with Gasteiger partial charge in [0.2, 0.25) is 5.89 Å². The number of rotatable bonds is 4. The Bertz CT molecular complexity index is 1250. The Morgan fingerprint density at radius 2 is 1.97 bits per heavy atom. The van der Waals surface area contributed by atoms with Crippen molar-refractivity contribution in [3.8, 4) is 0 Å². The van der Waals surface area contributed by atoms with Crippen molar-refractivity contribution in [1.82, 2.24) is 34.2 Å². The number of piperidine rings is 1. The van der Waals surface area contributed by atoms with E-state index < -0.39 is 0 Å². The topological polar surface area (TPSA) is 108 Å². The molecule has 10 nitrogen and oxygen atoms in total. The van der Waals surface area contributed by atoms with Crippen molar-refractivity contribution in [1.29, 1.82) is 0 Å². The Morgan fingerprint density at radius 3 is 2.76 bits per heavy atom. The molecule has 2 fully saturated rings. The van der Waals surface area contributed by atoms with Gasteiger partial charge in [-0.15, -0.1) is 0 Å². The summed E-state index contributed by atoms with van der Waals surface area (Å²) in [6, 6.07) is 5.97. The largest absolute Gasteiger partial charge is 0.356 e. The van der Waals surface area contributed by atoms with Crippen LogP contribution in [0.1, 0.15) is 17.6 Å². The maximum absolute atomic E-state index is 12.7. The van der Waals surface area contributed by atoms with Gasteiger partial charge in [-0.25, -0.2) is 15.0 Å². The zero-order valence-corrected chi connectivity index (χ0v) is 15.7. The highest BCUT2D eigenvalue weighted by Crippen LogP contribution is 2.57. The number of pyridine rings is 1. The van der Waals surface area contributed by atoms with Crippen molar-refractivity contribution < 1.29 is 4.52 Å². The van der Waals surface area contributed by atoms with E-state index in [2.05, 4.69) is 30.0 Å². The van der Waals surface area contributed by atoms with Crippen molar-refractivity contribution in [2.75, 3.05) is 18.0 Å². The number of aryl methyl sites for hydroxylation is 1. The van der Waals surface area contributed by atoms with E-state index in [0.29, 0.717) is 34.8 Å². The van der Waals surface area contributed by atoms with Crippen LogP contribution in [0.5, 0.6) is 0 Å². The summed E-state index contributed by atoms with van der Waals surface area (Å²) >= 11 is 0. The predicted octanol–water partition coefficient (Wildman–Crippen LogP) is 0.806. The average Bonchev–Trinajstić information content (AvgIpc) is 3.16. The van der Waals surface area contributed by atoms with Gasteiger partial charge in [0.15, 0.2) is 17.0 Å². The molecule has 4 aromatic heterocycles. The highest BCUT2D eigenvalue weighted by atomic mass is 16.5. The lowest BCUT2D eigenvalue weighted by Crippen LogP contribution is -2.24. The molecule has 0 bridgehead atoms. The van der Waals surface area contributed by atoms with Gasteiger partial charge in [-0.3, -0.25) is 9.36 Å². The van der Waals surface area contributed by atoms with E-state index in [1.807, 2.05) is 24.4 Å². The molecule has 4 aromatic rings. The summed E-state index contributed by atoms with van der Waals surface area (Å²) in [5.74, 6) is 3.54. The number of imidazole rings is 1. The highest BCUT2D eigenvalue weighted by molar-refractivity contribution is 5.68. The molecule has 0 unspecified atom stereocenters. The zero-order valence-electron chi connectivity index (χ0n) is 15.7. The second kappa shape index (κ2) is 5.97. The van der Waals surface area contributed by atoms with Crippen LogP contribution in [0.4, 0.5) is 5.82 Å². The Labute approximate surface area is 164 Å². The third-order valence-electron chi connectivity index (χ3n) is 5.96. The highest BCUT2D eigenvalue weighted by Gasteiger charge is 2.58. The quantitative estimate of drug-likeness (QED) is 0.504. The van der Waals surface area contributed by atoms with E-state index in [-0.39, 0.29) is 12.1 Å². The fourth-order valence-electron chi connectivity index (χ4n) is 4.43. The molecule has 29 heavy (non-hydrogen) atoms. The Kier molecular flexibility index (Phi) is 3.37. The van der Waals surface area contributed by atoms with E-state index in [0.717, 1.165) is 24.7 Å². The van der Waals surface area contributed by atoms with Crippen molar-refractivity contribution >= 4 is 17.0 Å². The van der Waals surface area contributed by atoms with Gasteiger partial charge in [0.05, 0.1) is 6.33 Å². The van der Waals surface area contributed by atoms with Crippen molar-refractivity contribution in [2.45, 2.75) is 12.5 Å². The van der Waals surface area contributed by atoms with Gasteiger partial charge in [-0.1, -0.05) is 11.2 Å². The fourth-order valence-corrected chi connectivity index (χ4v) is 4.43. The molecule has 146 valence electrons. The van der Waals surface area contributed by atoms with Crippen LogP contribution in [0.15, 0.2) is 46.4 Å². The molecule has 1 saturated carbocycles. The molecule has 0 aromatic carbocycles. The third kappa shape index (κ3) is 2.55. The molecular weight excluding hydrogens is 372 g/mol. The van der Waals surface area contributed by atoms with Crippen LogP contribution in [0, 0.1) is 11.8 Å². The van der Waals surface area contributed by atoms with Gasteiger partial charge in [-0.2, -0.15) is 4.98 Å². The Balaban J connectivity index is 1.18. The molecule has 1 aliphatic carbocycles. The molecule has 6 rings (SSSR count). The first-order chi connectivity index (χ1) is 14.2. The second-order valence-electron chi connectivity index (χ2n) is 7.70. The standard InChI is InChI=1S/C19H18N8O2/c1-25-9-21-18-16(25)19(28)27(10-22-18)8-14-23-17(24-29-14)15-11-6-26(7-12(11)15)13-4-2-3-5-20-13/h2-5,9-12,15H,6-8H2,1H3/t11-,12+,15+. The van der Waals surface area contributed by atoms with Crippen molar-refractivity contribution in [3.05, 3.63) is 59.1 Å². The van der Waals surface area contributed by atoms with Gasteiger partial charge in [0.25, 0.3) is 5.56 Å². The van der Waals surface area contributed by atoms with E-state index in [1.165, 1.54) is 10.9 Å². The molecule has 0 N–H and O–H groups in total. The number of nitrogens with zero attached hydrogens (tertiary/aromatic N) is 8. The molecular formula is C19H18N8O2. The van der Waals surface area contributed by atoms with Crippen LogP contribution in [0.3, 0.4) is 0 Å². The maximum atomic E-state index is 12.7. The molecule has 0 radical (unpaired) electrons. The number of anilines is 1. The lowest BCUT2D eigenvalue weighted by Gasteiger charge is -2.19. The first kappa shape index (κ1) is 16.4. The minimum absolute atomic E-state index is 0.177. The molecule has 2 aliphatic rings. The second-order valence-corrected chi connectivity index (χ2v) is 7.70. The lowest BCUT2D eigenvalue weighted by atomic mass is 10.2. The van der Waals surface area contributed by atoms with E-state index in [9.17, 15) is 4.79 Å². The Morgan fingerprint density at radius 1 is 1.14 bits per heavy atom. The molecule has 0 amide bonds. The molecule has 3 atom stereocenters. The van der Waals surface area contributed by atoms with Crippen LogP contribution >= 0.6 is 0 Å². The van der Waals surface area contributed by atoms with E-state index >= 15 is 0 Å². The average molecular weight is 390 g/mol. The third-order valence-corrected chi connectivity index (χ3v) is 5.96. The predicted molar refractivity (Wildman–Crippen MR) is 102 cm³/mol. The van der Waals surface area contributed by atoms with Crippen molar-refractivity contribution in [2.24, 2.45) is 18.9 Å². The van der Waals surface area contributed by atoms with Crippen LogP contribution in [0.25, 0.3) is 11.2 Å². The van der Waals surface area contributed by atoms with Crippen LogP contribution in [0.2, 0.25) is 0 Å². The SMILES string of the molecule is Cn1cnc2ncn(Cc3nc([C@H]4[C@@H]5CN(c6ccccn6)C[C@@H]54)no3)c(=O)c21.